The fourth-order valence-electron chi connectivity index (χ4n) is 2.48. The summed E-state index contributed by atoms with van der Waals surface area (Å²) in [6, 6.07) is 0. The second kappa shape index (κ2) is 6.53. The second-order valence-corrected chi connectivity index (χ2v) is 5.10. The number of rotatable bonds is 6. The molecule has 0 aromatic carbocycles. The molecule has 0 aliphatic carbocycles. The summed E-state index contributed by atoms with van der Waals surface area (Å²) in [5.41, 5.74) is 0.883. The first-order chi connectivity index (χ1) is 8.03. The molecular formula is C14H26O3. The molecule has 17 heavy (non-hydrogen) atoms. The molecule has 1 unspecified atom stereocenters. The largest absolute Gasteiger partial charge is 0.394 e. The molecule has 3 nitrogen and oxygen atoms in total. The van der Waals surface area contributed by atoms with Gasteiger partial charge in [0.05, 0.1) is 31.0 Å². The Morgan fingerprint density at radius 2 is 2.29 bits per heavy atom. The molecular weight excluding hydrogens is 216 g/mol. The normalized spacial score (nSPS) is 29.1. The van der Waals surface area contributed by atoms with Gasteiger partial charge in [0.1, 0.15) is 0 Å². The summed E-state index contributed by atoms with van der Waals surface area (Å²) in [6.45, 7) is 10.7. The summed E-state index contributed by atoms with van der Waals surface area (Å²) >= 11 is 0. The minimum Gasteiger partial charge on any atom is -0.394 e. The van der Waals surface area contributed by atoms with Gasteiger partial charge in [0, 0.05) is 0 Å². The predicted octanol–water partition coefficient (Wildman–Crippen LogP) is 2.68. The molecule has 1 rings (SSSR count). The lowest BCUT2D eigenvalue weighted by Gasteiger charge is -2.42. The lowest BCUT2D eigenvalue weighted by Crippen LogP contribution is -2.47. The van der Waals surface area contributed by atoms with E-state index in [2.05, 4.69) is 20.4 Å². The van der Waals surface area contributed by atoms with Crippen LogP contribution in [0.25, 0.3) is 0 Å². The van der Waals surface area contributed by atoms with Crippen LogP contribution in [0.3, 0.4) is 0 Å². The Labute approximate surface area is 105 Å². The number of aliphatic hydroxyl groups excluding tert-OH is 1. The fraction of sp³-hybridized carbons (Fsp3) is 0.857. The van der Waals surface area contributed by atoms with E-state index in [4.69, 9.17) is 14.6 Å². The van der Waals surface area contributed by atoms with Gasteiger partial charge in [-0.3, -0.25) is 0 Å². The van der Waals surface area contributed by atoms with Gasteiger partial charge in [-0.15, -0.1) is 0 Å². The molecule has 1 fully saturated rings. The SMILES string of the molecule is C=C1CCC([C@](C)(CCC)OCCO)O[C@H]1C. The predicted molar refractivity (Wildman–Crippen MR) is 69.1 cm³/mol. The third kappa shape index (κ3) is 3.80. The zero-order valence-corrected chi connectivity index (χ0v) is 11.4. The van der Waals surface area contributed by atoms with E-state index in [1.54, 1.807) is 0 Å². The second-order valence-electron chi connectivity index (χ2n) is 5.10. The molecule has 0 radical (unpaired) electrons. The van der Waals surface area contributed by atoms with E-state index in [9.17, 15) is 0 Å². The summed E-state index contributed by atoms with van der Waals surface area (Å²) in [6.07, 6.45) is 4.20. The summed E-state index contributed by atoms with van der Waals surface area (Å²) in [5, 5.41) is 8.91. The van der Waals surface area contributed by atoms with Gasteiger partial charge < -0.3 is 14.6 Å². The number of ether oxygens (including phenoxy) is 2. The molecule has 0 aromatic heterocycles. The van der Waals surface area contributed by atoms with Crippen molar-refractivity contribution in [3.63, 3.8) is 0 Å². The highest BCUT2D eigenvalue weighted by Crippen LogP contribution is 2.34. The van der Waals surface area contributed by atoms with Gasteiger partial charge in [-0.2, -0.15) is 0 Å². The molecule has 1 saturated heterocycles. The topological polar surface area (TPSA) is 38.7 Å². The Morgan fingerprint density at radius 3 is 2.82 bits per heavy atom. The molecule has 1 N–H and O–H groups in total. The van der Waals surface area contributed by atoms with Gasteiger partial charge in [0.2, 0.25) is 0 Å². The maximum atomic E-state index is 8.91. The van der Waals surface area contributed by atoms with Crippen molar-refractivity contribution < 1.29 is 14.6 Å². The van der Waals surface area contributed by atoms with Crippen molar-refractivity contribution >= 4 is 0 Å². The van der Waals surface area contributed by atoms with Crippen LogP contribution in [-0.2, 0) is 9.47 Å². The summed E-state index contributed by atoms with van der Waals surface area (Å²) in [7, 11) is 0. The Bertz CT molecular complexity index is 252. The monoisotopic (exact) mass is 242 g/mol. The van der Waals surface area contributed by atoms with Crippen molar-refractivity contribution in [3.05, 3.63) is 12.2 Å². The lowest BCUT2D eigenvalue weighted by atomic mass is 9.86. The van der Waals surface area contributed by atoms with Gasteiger partial charge in [-0.25, -0.2) is 0 Å². The quantitative estimate of drug-likeness (QED) is 0.728. The van der Waals surface area contributed by atoms with E-state index >= 15 is 0 Å². The third-order valence-corrected chi connectivity index (χ3v) is 3.62. The molecule has 100 valence electrons. The van der Waals surface area contributed by atoms with Crippen molar-refractivity contribution in [1.82, 2.24) is 0 Å². The van der Waals surface area contributed by atoms with E-state index in [1.807, 2.05) is 6.92 Å². The highest BCUT2D eigenvalue weighted by Gasteiger charge is 2.38. The Kier molecular flexibility index (Phi) is 5.63. The first-order valence-electron chi connectivity index (χ1n) is 6.61. The van der Waals surface area contributed by atoms with Crippen molar-refractivity contribution in [2.45, 2.75) is 64.3 Å². The maximum absolute atomic E-state index is 8.91. The fourth-order valence-corrected chi connectivity index (χ4v) is 2.48. The minimum absolute atomic E-state index is 0.0638. The van der Waals surface area contributed by atoms with Crippen LogP contribution in [0.4, 0.5) is 0 Å². The van der Waals surface area contributed by atoms with E-state index in [0.29, 0.717) is 6.61 Å². The summed E-state index contributed by atoms with van der Waals surface area (Å²) in [5.74, 6) is 0. The molecule has 1 heterocycles. The summed E-state index contributed by atoms with van der Waals surface area (Å²) < 4.78 is 11.8. The zero-order valence-electron chi connectivity index (χ0n) is 11.4. The van der Waals surface area contributed by atoms with Crippen LogP contribution in [0.15, 0.2) is 12.2 Å². The molecule has 0 saturated carbocycles. The Morgan fingerprint density at radius 1 is 1.59 bits per heavy atom. The first kappa shape index (κ1) is 14.7. The molecule has 0 amide bonds. The number of aliphatic hydroxyl groups is 1. The van der Waals surface area contributed by atoms with Crippen LogP contribution in [0.2, 0.25) is 0 Å². The van der Waals surface area contributed by atoms with Gasteiger partial charge in [0.15, 0.2) is 0 Å². The lowest BCUT2D eigenvalue weighted by molar-refractivity contribution is -0.166. The Balaban J connectivity index is 2.66. The third-order valence-electron chi connectivity index (χ3n) is 3.62. The number of hydrogen-bond donors (Lipinski definition) is 1. The van der Waals surface area contributed by atoms with E-state index < -0.39 is 0 Å². The number of hydrogen-bond acceptors (Lipinski definition) is 3. The van der Waals surface area contributed by atoms with Crippen molar-refractivity contribution in [3.8, 4) is 0 Å². The molecule has 0 spiro atoms. The average molecular weight is 242 g/mol. The van der Waals surface area contributed by atoms with E-state index in [1.165, 1.54) is 5.57 Å². The maximum Gasteiger partial charge on any atom is 0.0916 e. The van der Waals surface area contributed by atoms with Crippen LogP contribution < -0.4 is 0 Å². The van der Waals surface area contributed by atoms with Gasteiger partial charge in [0.25, 0.3) is 0 Å². The van der Waals surface area contributed by atoms with Crippen LogP contribution in [-0.4, -0.2) is 36.1 Å². The smallest absolute Gasteiger partial charge is 0.0916 e. The molecule has 1 aliphatic rings. The van der Waals surface area contributed by atoms with E-state index in [0.717, 1.165) is 25.7 Å². The molecule has 0 aromatic rings. The van der Waals surface area contributed by atoms with Crippen molar-refractivity contribution in [1.29, 1.82) is 0 Å². The highest BCUT2D eigenvalue weighted by atomic mass is 16.6. The van der Waals surface area contributed by atoms with Crippen LogP contribution in [0, 0.1) is 0 Å². The first-order valence-corrected chi connectivity index (χ1v) is 6.61. The zero-order chi connectivity index (χ0) is 12.9. The Hall–Kier alpha value is -0.380. The summed E-state index contributed by atoms with van der Waals surface area (Å²) in [4.78, 5) is 0. The highest BCUT2D eigenvalue weighted by molar-refractivity contribution is 5.06. The van der Waals surface area contributed by atoms with Crippen LogP contribution in [0.1, 0.15) is 46.5 Å². The molecule has 0 bridgehead atoms. The van der Waals surface area contributed by atoms with Gasteiger partial charge in [-0.05, 0) is 38.7 Å². The van der Waals surface area contributed by atoms with Crippen LogP contribution >= 0.6 is 0 Å². The van der Waals surface area contributed by atoms with Crippen molar-refractivity contribution in [2.75, 3.05) is 13.2 Å². The van der Waals surface area contributed by atoms with Crippen molar-refractivity contribution in [2.24, 2.45) is 0 Å². The molecule has 1 aliphatic heterocycles. The molecule has 3 heteroatoms. The minimum atomic E-state index is -0.285. The molecule has 3 atom stereocenters. The van der Waals surface area contributed by atoms with Gasteiger partial charge in [-0.1, -0.05) is 19.9 Å². The van der Waals surface area contributed by atoms with Gasteiger partial charge >= 0.3 is 0 Å². The average Bonchev–Trinajstić information content (AvgIpc) is 2.30. The van der Waals surface area contributed by atoms with E-state index in [-0.39, 0.29) is 24.4 Å². The van der Waals surface area contributed by atoms with Crippen LogP contribution in [0.5, 0.6) is 0 Å². The standard InChI is InChI=1S/C14H26O3/c1-5-8-14(4,16-10-9-15)13-7-6-11(2)12(3)17-13/h12-13,15H,2,5-10H2,1,3-4H3/t12-,13?,14-/m0/s1.